The first-order chi connectivity index (χ1) is 17.6. The van der Waals surface area contributed by atoms with Gasteiger partial charge in [-0.1, -0.05) is 44.0 Å². The van der Waals surface area contributed by atoms with Crippen LogP contribution < -0.4 is 21.3 Å². The number of aromatic nitrogens is 1. The monoisotopic (exact) mass is 491 g/mol. The van der Waals surface area contributed by atoms with E-state index in [1.54, 1.807) is 6.20 Å². The highest BCUT2D eigenvalue weighted by Gasteiger charge is 2.24. The van der Waals surface area contributed by atoms with E-state index in [0.717, 1.165) is 43.7 Å². The highest BCUT2D eigenvalue weighted by atomic mass is 16.2. The lowest BCUT2D eigenvalue weighted by atomic mass is 9.86. The average Bonchev–Trinajstić information content (AvgIpc) is 3.33. The average molecular weight is 492 g/mol. The van der Waals surface area contributed by atoms with E-state index >= 15 is 0 Å². The molecule has 196 valence electrons. The molecule has 4 atom stereocenters. The Balaban J connectivity index is 1.16. The van der Waals surface area contributed by atoms with E-state index in [9.17, 15) is 4.79 Å². The first-order valence-electron chi connectivity index (χ1n) is 14.1. The Labute approximate surface area is 217 Å². The zero-order valence-electron chi connectivity index (χ0n) is 22.2. The lowest BCUT2D eigenvalue weighted by molar-refractivity contribution is -0.122. The summed E-state index contributed by atoms with van der Waals surface area (Å²) >= 11 is 0. The van der Waals surface area contributed by atoms with Crippen LogP contribution in [0.5, 0.6) is 0 Å². The molecule has 2 aliphatic rings. The number of carbonyl (C=O) groups is 1. The van der Waals surface area contributed by atoms with E-state index in [4.69, 9.17) is 0 Å². The SMILES string of the molecule is C[C@H](NCc1ccccn1)C(=O)NCc1cccc2c1CCC2CNCCCNC1CCCC[C@H]1C. The molecular formula is C30H45N5O. The second kappa shape index (κ2) is 13.9. The third-order valence-electron chi connectivity index (χ3n) is 8.09. The third kappa shape index (κ3) is 7.61. The minimum atomic E-state index is -0.267. The molecule has 1 aromatic carbocycles. The third-order valence-corrected chi connectivity index (χ3v) is 8.09. The summed E-state index contributed by atoms with van der Waals surface area (Å²) in [5.41, 5.74) is 5.09. The number of hydrogen-bond donors (Lipinski definition) is 4. The number of pyridine rings is 1. The van der Waals surface area contributed by atoms with Gasteiger partial charge in [0.25, 0.3) is 0 Å². The van der Waals surface area contributed by atoms with Crippen molar-refractivity contribution in [3.8, 4) is 0 Å². The van der Waals surface area contributed by atoms with E-state index < -0.39 is 0 Å². The van der Waals surface area contributed by atoms with Gasteiger partial charge in [0.05, 0.1) is 11.7 Å². The molecule has 6 nitrogen and oxygen atoms in total. The summed E-state index contributed by atoms with van der Waals surface area (Å²) < 4.78 is 0. The number of benzene rings is 1. The van der Waals surface area contributed by atoms with Gasteiger partial charge < -0.3 is 21.3 Å². The van der Waals surface area contributed by atoms with Gasteiger partial charge in [-0.3, -0.25) is 9.78 Å². The Kier molecular flexibility index (Phi) is 10.3. The van der Waals surface area contributed by atoms with Crippen molar-refractivity contribution < 1.29 is 4.79 Å². The minimum Gasteiger partial charge on any atom is -0.351 e. The van der Waals surface area contributed by atoms with Crippen LogP contribution in [0.1, 0.15) is 80.7 Å². The standard InChI is InChI=1S/C30H45N5O/c1-22-9-3-4-13-29(22)33-18-8-16-31-19-25-14-15-28-24(10-7-12-27(25)28)20-35-30(36)23(2)34-21-26-11-5-6-17-32-26/h5-7,10-12,17,22-23,25,29,31,33-34H,3-4,8-9,13-16,18-21H2,1-2H3,(H,35,36)/t22-,23+,25?,29?/m1/s1. The van der Waals surface area contributed by atoms with Crippen molar-refractivity contribution in [2.75, 3.05) is 19.6 Å². The Hall–Kier alpha value is -2.28. The number of fused-ring (bicyclic) bond motifs is 1. The Morgan fingerprint density at radius 2 is 1.94 bits per heavy atom. The van der Waals surface area contributed by atoms with Crippen LogP contribution in [-0.4, -0.2) is 42.6 Å². The van der Waals surface area contributed by atoms with Crippen LogP contribution in [-0.2, 0) is 24.3 Å². The van der Waals surface area contributed by atoms with Gasteiger partial charge in [0.2, 0.25) is 5.91 Å². The van der Waals surface area contributed by atoms with Gasteiger partial charge in [-0.25, -0.2) is 0 Å². The van der Waals surface area contributed by atoms with Crippen LogP contribution in [0.15, 0.2) is 42.6 Å². The fourth-order valence-electron chi connectivity index (χ4n) is 5.78. The van der Waals surface area contributed by atoms with E-state index in [1.807, 2.05) is 25.1 Å². The molecule has 4 N–H and O–H groups in total. The molecule has 1 fully saturated rings. The molecule has 1 amide bonds. The summed E-state index contributed by atoms with van der Waals surface area (Å²) in [6.45, 7) is 8.69. The molecule has 0 bridgehead atoms. The Bertz CT molecular complexity index is 950. The van der Waals surface area contributed by atoms with Crippen LogP contribution in [0.25, 0.3) is 0 Å². The van der Waals surface area contributed by atoms with Gasteiger partial charge in [-0.2, -0.15) is 0 Å². The van der Waals surface area contributed by atoms with Crippen molar-refractivity contribution in [1.82, 2.24) is 26.3 Å². The predicted molar refractivity (Wildman–Crippen MR) is 147 cm³/mol. The summed E-state index contributed by atoms with van der Waals surface area (Å²) in [6.07, 6.45) is 10.8. The normalized spacial score (nSPS) is 22.2. The molecule has 0 saturated heterocycles. The van der Waals surface area contributed by atoms with Crippen LogP contribution in [0, 0.1) is 5.92 Å². The molecule has 2 aliphatic carbocycles. The fourth-order valence-corrected chi connectivity index (χ4v) is 5.78. The van der Waals surface area contributed by atoms with Gasteiger partial charge in [-0.05, 0) is 92.8 Å². The second-order valence-corrected chi connectivity index (χ2v) is 10.7. The van der Waals surface area contributed by atoms with E-state index in [0.29, 0.717) is 19.0 Å². The molecule has 36 heavy (non-hydrogen) atoms. The number of nitrogens with zero attached hydrogens (tertiary/aromatic N) is 1. The topological polar surface area (TPSA) is 78.1 Å². The van der Waals surface area contributed by atoms with Gasteiger partial charge in [0, 0.05) is 31.9 Å². The van der Waals surface area contributed by atoms with Gasteiger partial charge in [0.1, 0.15) is 0 Å². The van der Waals surface area contributed by atoms with Crippen molar-refractivity contribution in [3.63, 3.8) is 0 Å². The van der Waals surface area contributed by atoms with Gasteiger partial charge in [0.15, 0.2) is 0 Å². The molecule has 1 saturated carbocycles. The smallest absolute Gasteiger partial charge is 0.237 e. The minimum absolute atomic E-state index is 0.0241. The number of nitrogens with one attached hydrogen (secondary N) is 4. The summed E-state index contributed by atoms with van der Waals surface area (Å²) in [5, 5.41) is 13.9. The van der Waals surface area contributed by atoms with Crippen LogP contribution in [0.3, 0.4) is 0 Å². The van der Waals surface area contributed by atoms with Crippen molar-refractivity contribution in [3.05, 3.63) is 65.0 Å². The number of carbonyl (C=O) groups excluding carboxylic acids is 1. The zero-order chi connectivity index (χ0) is 25.2. The molecular weight excluding hydrogens is 446 g/mol. The molecule has 0 radical (unpaired) electrons. The molecule has 4 rings (SSSR count). The van der Waals surface area contributed by atoms with E-state index in [1.165, 1.54) is 55.2 Å². The van der Waals surface area contributed by atoms with E-state index in [-0.39, 0.29) is 11.9 Å². The quantitative estimate of drug-likeness (QED) is 0.318. The molecule has 1 aromatic heterocycles. The van der Waals surface area contributed by atoms with Crippen LogP contribution in [0.4, 0.5) is 0 Å². The first-order valence-corrected chi connectivity index (χ1v) is 14.1. The summed E-state index contributed by atoms with van der Waals surface area (Å²) in [6, 6.07) is 12.9. The Morgan fingerprint density at radius 3 is 2.78 bits per heavy atom. The van der Waals surface area contributed by atoms with Crippen LogP contribution in [0.2, 0.25) is 0 Å². The lowest BCUT2D eigenvalue weighted by Crippen LogP contribution is -2.41. The lowest BCUT2D eigenvalue weighted by Gasteiger charge is -2.29. The zero-order valence-corrected chi connectivity index (χ0v) is 22.2. The maximum absolute atomic E-state index is 12.6. The highest BCUT2D eigenvalue weighted by Crippen LogP contribution is 2.34. The molecule has 2 aromatic rings. The molecule has 2 unspecified atom stereocenters. The number of hydrogen-bond acceptors (Lipinski definition) is 5. The molecule has 1 heterocycles. The molecule has 0 aliphatic heterocycles. The number of amides is 1. The van der Waals surface area contributed by atoms with Crippen LogP contribution >= 0.6 is 0 Å². The summed E-state index contributed by atoms with van der Waals surface area (Å²) in [4.78, 5) is 16.9. The van der Waals surface area contributed by atoms with Crippen molar-refractivity contribution in [2.45, 2.75) is 89.9 Å². The molecule has 6 heteroatoms. The molecule has 0 spiro atoms. The summed E-state index contributed by atoms with van der Waals surface area (Å²) in [7, 11) is 0. The van der Waals surface area contributed by atoms with Crippen molar-refractivity contribution >= 4 is 5.91 Å². The highest BCUT2D eigenvalue weighted by molar-refractivity contribution is 5.81. The maximum Gasteiger partial charge on any atom is 0.237 e. The van der Waals surface area contributed by atoms with Crippen molar-refractivity contribution in [1.29, 1.82) is 0 Å². The largest absolute Gasteiger partial charge is 0.351 e. The van der Waals surface area contributed by atoms with Gasteiger partial charge >= 0.3 is 0 Å². The maximum atomic E-state index is 12.6. The van der Waals surface area contributed by atoms with Gasteiger partial charge in [-0.15, -0.1) is 0 Å². The number of rotatable bonds is 13. The Morgan fingerprint density at radius 1 is 1.06 bits per heavy atom. The first kappa shape index (κ1) is 26.8. The fraction of sp³-hybridized carbons (Fsp3) is 0.600. The van der Waals surface area contributed by atoms with E-state index in [2.05, 4.69) is 51.4 Å². The second-order valence-electron chi connectivity index (χ2n) is 10.7. The predicted octanol–water partition coefficient (Wildman–Crippen LogP) is 4.05. The summed E-state index contributed by atoms with van der Waals surface area (Å²) in [5.74, 6) is 1.42. The van der Waals surface area contributed by atoms with Crippen molar-refractivity contribution in [2.24, 2.45) is 5.92 Å².